The summed E-state index contributed by atoms with van der Waals surface area (Å²) in [6.07, 6.45) is 8.39. The molecule has 0 radical (unpaired) electrons. The van der Waals surface area contributed by atoms with Gasteiger partial charge < -0.3 is 9.84 Å². The van der Waals surface area contributed by atoms with Crippen molar-refractivity contribution >= 4 is 5.91 Å². The van der Waals surface area contributed by atoms with Crippen molar-refractivity contribution in [2.24, 2.45) is 0 Å². The van der Waals surface area contributed by atoms with Gasteiger partial charge in [-0.1, -0.05) is 42.4 Å². The van der Waals surface area contributed by atoms with E-state index >= 15 is 0 Å². The molecule has 1 atom stereocenters. The van der Waals surface area contributed by atoms with E-state index in [4.69, 9.17) is 4.52 Å². The quantitative estimate of drug-likeness (QED) is 0.431. The van der Waals surface area contributed by atoms with Crippen LogP contribution in [0.5, 0.6) is 0 Å². The molecule has 1 unspecified atom stereocenters. The number of aromatic nitrogens is 5. The van der Waals surface area contributed by atoms with Crippen molar-refractivity contribution < 1.29 is 9.32 Å². The lowest BCUT2D eigenvalue weighted by atomic mass is 10.1. The van der Waals surface area contributed by atoms with Crippen LogP contribution in [0.25, 0.3) is 17.3 Å². The predicted molar refractivity (Wildman–Crippen MR) is 120 cm³/mol. The van der Waals surface area contributed by atoms with Crippen molar-refractivity contribution in [3.63, 3.8) is 0 Å². The second kappa shape index (κ2) is 10.00. The van der Waals surface area contributed by atoms with Gasteiger partial charge in [0.2, 0.25) is 0 Å². The lowest BCUT2D eigenvalue weighted by molar-refractivity contribution is 0.0934. The molecule has 1 aromatic carbocycles. The van der Waals surface area contributed by atoms with Crippen molar-refractivity contribution in [1.29, 1.82) is 0 Å². The smallest absolute Gasteiger partial charge is 0.271 e. The highest BCUT2D eigenvalue weighted by molar-refractivity contribution is 5.92. The number of benzene rings is 1. The summed E-state index contributed by atoms with van der Waals surface area (Å²) in [7, 11) is 0. The van der Waals surface area contributed by atoms with E-state index in [1.54, 1.807) is 23.3 Å². The molecule has 3 aromatic heterocycles. The molecule has 4 rings (SSSR count). The molecule has 0 aliphatic carbocycles. The molecule has 3 heterocycles. The van der Waals surface area contributed by atoms with Gasteiger partial charge in [-0.2, -0.15) is 4.98 Å². The molecule has 4 aromatic rings. The SMILES string of the molecule is CCCc1noc(-c2ccnc(-n3cnc(C(=O)NC(C)CCc4ccccc4)c3)c2)n1. The fraction of sp³-hybridized carbons (Fsp3) is 0.292. The van der Waals surface area contributed by atoms with Gasteiger partial charge in [0.05, 0.1) is 0 Å². The Morgan fingerprint density at radius 1 is 1.16 bits per heavy atom. The number of nitrogens with zero attached hydrogens (tertiary/aromatic N) is 5. The number of imidazole rings is 1. The van der Waals surface area contributed by atoms with Crippen LogP contribution < -0.4 is 5.32 Å². The summed E-state index contributed by atoms with van der Waals surface area (Å²) in [6.45, 7) is 4.07. The molecule has 0 fully saturated rings. The average molecular weight is 431 g/mol. The fourth-order valence-electron chi connectivity index (χ4n) is 3.35. The van der Waals surface area contributed by atoms with E-state index in [2.05, 4.69) is 44.5 Å². The molecule has 164 valence electrons. The second-order valence-corrected chi connectivity index (χ2v) is 7.73. The van der Waals surface area contributed by atoms with Gasteiger partial charge >= 0.3 is 0 Å². The van der Waals surface area contributed by atoms with Gasteiger partial charge in [0.25, 0.3) is 11.8 Å². The first kappa shape index (κ1) is 21.4. The van der Waals surface area contributed by atoms with E-state index in [0.717, 1.165) is 31.2 Å². The Morgan fingerprint density at radius 2 is 2.00 bits per heavy atom. The molecule has 8 heteroatoms. The molecule has 0 aliphatic heterocycles. The van der Waals surface area contributed by atoms with Crippen molar-refractivity contribution in [3.05, 3.63) is 78.3 Å². The van der Waals surface area contributed by atoms with Crippen LogP contribution in [-0.2, 0) is 12.8 Å². The van der Waals surface area contributed by atoms with Gasteiger partial charge in [-0.15, -0.1) is 0 Å². The summed E-state index contributed by atoms with van der Waals surface area (Å²) in [4.78, 5) is 25.7. The topological polar surface area (TPSA) is 98.7 Å². The number of aryl methyl sites for hydroxylation is 2. The molecular weight excluding hydrogens is 404 g/mol. The standard InChI is InChI=1S/C24H26N6O2/c1-3-7-21-28-24(32-29-21)19-12-13-25-22(14-19)30-15-20(26-16-30)23(31)27-17(2)10-11-18-8-5-4-6-9-18/h4-6,8-9,12-17H,3,7,10-11H2,1-2H3,(H,27,31). The highest BCUT2D eigenvalue weighted by Gasteiger charge is 2.15. The highest BCUT2D eigenvalue weighted by Crippen LogP contribution is 2.19. The third-order valence-electron chi connectivity index (χ3n) is 5.10. The van der Waals surface area contributed by atoms with E-state index in [0.29, 0.717) is 23.2 Å². The first-order chi connectivity index (χ1) is 15.6. The zero-order chi connectivity index (χ0) is 22.3. The number of hydrogen-bond acceptors (Lipinski definition) is 6. The Balaban J connectivity index is 1.40. The van der Waals surface area contributed by atoms with Crippen LogP contribution in [0.15, 0.2) is 65.7 Å². The molecule has 0 saturated carbocycles. The second-order valence-electron chi connectivity index (χ2n) is 7.73. The highest BCUT2D eigenvalue weighted by atomic mass is 16.5. The largest absolute Gasteiger partial charge is 0.348 e. The van der Waals surface area contributed by atoms with E-state index < -0.39 is 0 Å². The van der Waals surface area contributed by atoms with Crippen LogP contribution in [0.2, 0.25) is 0 Å². The number of rotatable bonds is 9. The van der Waals surface area contributed by atoms with E-state index in [1.165, 1.54) is 5.56 Å². The Hall–Kier alpha value is -3.81. The molecule has 1 amide bonds. The van der Waals surface area contributed by atoms with E-state index in [9.17, 15) is 4.79 Å². The molecule has 1 N–H and O–H groups in total. The molecule has 0 saturated heterocycles. The molecule has 32 heavy (non-hydrogen) atoms. The van der Waals surface area contributed by atoms with Crippen molar-refractivity contribution in [1.82, 2.24) is 30.0 Å². The normalized spacial score (nSPS) is 11.9. The van der Waals surface area contributed by atoms with Crippen LogP contribution in [-0.4, -0.2) is 36.6 Å². The maximum absolute atomic E-state index is 12.6. The molecule has 0 spiro atoms. The lowest BCUT2D eigenvalue weighted by Crippen LogP contribution is -2.33. The van der Waals surface area contributed by atoms with Gasteiger partial charge in [-0.3, -0.25) is 9.36 Å². The van der Waals surface area contributed by atoms with Crippen LogP contribution >= 0.6 is 0 Å². The van der Waals surface area contributed by atoms with Crippen molar-refractivity contribution in [3.8, 4) is 17.3 Å². The fourth-order valence-corrected chi connectivity index (χ4v) is 3.35. The molecule has 8 nitrogen and oxygen atoms in total. The van der Waals surface area contributed by atoms with E-state index in [1.807, 2.05) is 37.3 Å². The van der Waals surface area contributed by atoms with Gasteiger partial charge in [0, 0.05) is 30.4 Å². The van der Waals surface area contributed by atoms with Gasteiger partial charge in [-0.05, 0) is 43.9 Å². The first-order valence-corrected chi connectivity index (χ1v) is 10.8. The number of pyridine rings is 1. The van der Waals surface area contributed by atoms with Crippen LogP contribution in [0.3, 0.4) is 0 Å². The minimum Gasteiger partial charge on any atom is -0.348 e. The Labute approximate surface area is 186 Å². The minimum atomic E-state index is -0.207. The predicted octanol–water partition coefficient (Wildman–Crippen LogP) is 4.02. The zero-order valence-corrected chi connectivity index (χ0v) is 18.2. The van der Waals surface area contributed by atoms with E-state index in [-0.39, 0.29) is 11.9 Å². The third-order valence-corrected chi connectivity index (χ3v) is 5.10. The van der Waals surface area contributed by atoms with Crippen LogP contribution in [0, 0.1) is 0 Å². The maximum Gasteiger partial charge on any atom is 0.271 e. The number of amides is 1. The summed E-state index contributed by atoms with van der Waals surface area (Å²) >= 11 is 0. The lowest BCUT2D eigenvalue weighted by Gasteiger charge is -2.12. The number of nitrogens with one attached hydrogen (secondary N) is 1. The number of hydrogen-bond donors (Lipinski definition) is 1. The first-order valence-electron chi connectivity index (χ1n) is 10.8. The summed E-state index contributed by atoms with van der Waals surface area (Å²) < 4.78 is 7.06. The van der Waals surface area contributed by atoms with Gasteiger partial charge in [0.1, 0.15) is 17.8 Å². The minimum absolute atomic E-state index is 0.0316. The van der Waals surface area contributed by atoms with Crippen molar-refractivity contribution in [2.75, 3.05) is 0 Å². The summed E-state index contributed by atoms with van der Waals surface area (Å²) in [6, 6.07) is 13.9. The molecular formula is C24H26N6O2. The van der Waals surface area contributed by atoms with Crippen LogP contribution in [0.1, 0.15) is 48.6 Å². The summed E-state index contributed by atoms with van der Waals surface area (Å²) in [5, 5.41) is 7.01. The Bertz CT molecular complexity index is 1170. The monoisotopic (exact) mass is 430 g/mol. The molecule has 0 bridgehead atoms. The number of carbonyl (C=O) groups excluding carboxylic acids is 1. The van der Waals surface area contributed by atoms with Gasteiger partial charge in [-0.25, -0.2) is 9.97 Å². The zero-order valence-electron chi connectivity index (χ0n) is 18.2. The number of carbonyl (C=O) groups is 1. The summed E-state index contributed by atoms with van der Waals surface area (Å²) in [5.41, 5.74) is 2.36. The molecule has 0 aliphatic rings. The third kappa shape index (κ3) is 5.26. The Morgan fingerprint density at radius 3 is 2.81 bits per heavy atom. The van der Waals surface area contributed by atoms with Crippen molar-refractivity contribution in [2.45, 2.75) is 45.6 Å². The van der Waals surface area contributed by atoms with Gasteiger partial charge in [0.15, 0.2) is 5.82 Å². The summed E-state index contributed by atoms with van der Waals surface area (Å²) in [5.74, 6) is 1.54. The average Bonchev–Trinajstić information content (AvgIpc) is 3.49. The Kier molecular flexibility index (Phi) is 6.69. The van der Waals surface area contributed by atoms with Crippen LogP contribution in [0.4, 0.5) is 0 Å². The maximum atomic E-state index is 12.6.